The van der Waals surface area contributed by atoms with E-state index in [-0.39, 0.29) is 17.1 Å². The lowest BCUT2D eigenvalue weighted by Crippen LogP contribution is -2.26. The third-order valence-electron chi connectivity index (χ3n) is 2.96. The average Bonchev–Trinajstić information content (AvgIpc) is 2.59. The van der Waals surface area contributed by atoms with Crippen LogP contribution in [-0.2, 0) is 19.7 Å². The van der Waals surface area contributed by atoms with Gasteiger partial charge in [0.1, 0.15) is 0 Å². The van der Waals surface area contributed by atoms with Crippen LogP contribution in [0.5, 0.6) is 0 Å². The van der Waals surface area contributed by atoms with Gasteiger partial charge in [-0.25, -0.2) is 16.8 Å². The Balaban J connectivity index is 2.47. The van der Waals surface area contributed by atoms with Crippen molar-refractivity contribution in [3.05, 3.63) is 29.8 Å². The van der Waals surface area contributed by atoms with Gasteiger partial charge in [-0.2, -0.15) is 0 Å². The average molecular weight is 274 g/mol. The Labute approximate surface area is 102 Å². The second-order valence-electron chi connectivity index (χ2n) is 4.30. The fraction of sp³-hybridized carbons (Fsp3) is 0.455. The minimum absolute atomic E-state index is 0.0250. The van der Waals surface area contributed by atoms with Gasteiger partial charge in [0.15, 0.2) is 24.3 Å². The number of hydrogen-bond donors (Lipinski definition) is 0. The first-order chi connectivity index (χ1) is 7.84. The first kappa shape index (κ1) is 12.6. The summed E-state index contributed by atoms with van der Waals surface area (Å²) in [4.78, 5) is 0.0959. The third kappa shape index (κ3) is 2.24. The summed E-state index contributed by atoms with van der Waals surface area (Å²) in [7, 11) is -7.24. The van der Waals surface area contributed by atoms with E-state index in [1.165, 1.54) is 12.1 Å². The molecule has 0 amide bonds. The standard InChI is InChI=1S/C11H14O4S2/c1-9-4-6-10(7-5-9)17(14,15)11-3-2-8-16(11,12)13/h4-7,11H,2-3,8H2,1H3. The van der Waals surface area contributed by atoms with Gasteiger partial charge in [-0.1, -0.05) is 17.7 Å². The Kier molecular flexibility index (Phi) is 3.03. The Morgan fingerprint density at radius 2 is 1.76 bits per heavy atom. The molecule has 1 fully saturated rings. The third-order valence-corrected chi connectivity index (χ3v) is 8.36. The highest BCUT2D eigenvalue weighted by Gasteiger charge is 2.42. The minimum Gasteiger partial charge on any atom is -0.227 e. The van der Waals surface area contributed by atoms with Crippen LogP contribution in [-0.4, -0.2) is 27.2 Å². The summed E-state index contributed by atoms with van der Waals surface area (Å²) in [5.41, 5.74) is 0.943. The molecule has 0 bridgehead atoms. The zero-order valence-electron chi connectivity index (χ0n) is 9.46. The summed E-state index contributed by atoms with van der Waals surface area (Å²) in [6.07, 6.45) is 0.636. The van der Waals surface area contributed by atoms with Crippen molar-refractivity contribution in [1.82, 2.24) is 0 Å². The maximum Gasteiger partial charge on any atom is 0.195 e. The lowest BCUT2D eigenvalue weighted by Gasteiger charge is -2.11. The molecule has 6 heteroatoms. The van der Waals surface area contributed by atoms with Gasteiger partial charge in [-0.3, -0.25) is 0 Å². The van der Waals surface area contributed by atoms with Gasteiger partial charge in [-0.15, -0.1) is 0 Å². The molecular weight excluding hydrogens is 260 g/mol. The topological polar surface area (TPSA) is 68.3 Å². The van der Waals surface area contributed by atoms with Crippen molar-refractivity contribution in [2.24, 2.45) is 0 Å². The predicted octanol–water partition coefficient (Wildman–Crippen LogP) is 1.30. The van der Waals surface area contributed by atoms with Crippen LogP contribution in [0.1, 0.15) is 18.4 Å². The molecule has 1 aliphatic rings. The Bertz CT molecular complexity index is 612. The zero-order valence-corrected chi connectivity index (χ0v) is 11.1. The molecule has 0 radical (unpaired) electrons. The molecule has 17 heavy (non-hydrogen) atoms. The van der Waals surface area contributed by atoms with Crippen LogP contribution in [0.2, 0.25) is 0 Å². The summed E-state index contributed by atoms with van der Waals surface area (Å²) in [5.74, 6) is -0.0250. The van der Waals surface area contributed by atoms with Crippen molar-refractivity contribution in [2.45, 2.75) is 29.2 Å². The molecule has 1 aliphatic heterocycles. The van der Waals surface area contributed by atoms with Gasteiger partial charge in [0.05, 0.1) is 10.6 Å². The Morgan fingerprint density at radius 1 is 1.18 bits per heavy atom. The summed E-state index contributed by atoms with van der Waals surface area (Å²) in [6, 6.07) is 6.29. The molecule has 0 N–H and O–H groups in total. The molecule has 1 atom stereocenters. The number of aryl methyl sites for hydroxylation is 1. The van der Waals surface area contributed by atoms with Gasteiger partial charge in [0, 0.05) is 0 Å². The van der Waals surface area contributed by atoms with Crippen LogP contribution >= 0.6 is 0 Å². The molecule has 0 saturated carbocycles. The highest BCUT2D eigenvalue weighted by molar-refractivity contribution is 8.09. The maximum absolute atomic E-state index is 12.2. The second-order valence-corrected chi connectivity index (χ2v) is 9.03. The smallest absolute Gasteiger partial charge is 0.195 e. The van der Waals surface area contributed by atoms with Gasteiger partial charge >= 0.3 is 0 Å². The molecule has 4 nitrogen and oxygen atoms in total. The van der Waals surface area contributed by atoms with Gasteiger partial charge in [-0.05, 0) is 31.9 Å². The van der Waals surface area contributed by atoms with Gasteiger partial charge < -0.3 is 0 Å². The van der Waals surface area contributed by atoms with Crippen LogP contribution in [0.15, 0.2) is 29.2 Å². The molecule has 1 saturated heterocycles. The number of benzene rings is 1. The van der Waals surface area contributed by atoms with Gasteiger partial charge in [0.25, 0.3) is 0 Å². The highest BCUT2D eigenvalue weighted by atomic mass is 32.3. The molecule has 0 spiro atoms. The fourth-order valence-electron chi connectivity index (χ4n) is 1.99. The largest absolute Gasteiger partial charge is 0.227 e. The lowest BCUT2D eigenvalue weighted by molar-refractivity contribution is 0.579. The van der Waals surface area contributed by atoms with Crippen molar-refractivity contribution >= 4 is 19.7 Å². The Morgan fingerprint density at radius 3 is 2.24 bits per heavy atom. The van der Waals surface area contributed by atoms with E-state index in [4.69, 9.17) is 0 Å². The van der Waals surface area contributed by atoms with Crippen LogP contribution in [0.3, 0.4) is 0 Å². The molecule has 94 valence electrons. The molecule has 2 rings (SSSR count). The first-order valence-electron chi connectivity index (χ1n) is 5.36. The van der Waals surface area contributed by atoms with Crippen molar-refractivity contribution in [3.8, 4) is 0 Å². The molecule has 1 heterocycles. The van der Waals surface area contributed by atoms with E-state index in [9.17, 15) is 16.8 Å². The predicted molar refractivity (Wildman–Crippen MR) is 65.2 cm³/mol. The van der Waals surface area contributed by atoms with Crippen molar-refractivity contribution in [3.63, 3.8) is 0 Å². The number of rotatable bonds is 2. The van der Waals surface area contributed by atoms with Crippen LogP contribution in [0.4, 0.5) is 0 Å². The van der Waals surface area contributed by atoms with E-state index in [1.807, 2.05) is 6.92 Å². The molecule has 1 aromatic rings. The van der Waals surface area contributed by atoms with Gasteiger partial charge in [0.2, 0.25) is 0 Å². The molecular formula is C11H14O4S2. The maximum atomic E-state index is 12.2. The van der Waals surface area contributed by atoms with Crippen molar-refractivity contribution in [1.29, 1.82) is 0 Å². The van der Waals surface area contributed by atoms with E-state index in [0.717, 1.165) is 5.56 Å². The van der Waals surface area contributed by atoms with Crippen molar-refractivity contribution in [2.75, 3.05) is 5.75 Å². The first-order valence-corrected chi connectivity index (χ1v) is 8.62. The lowest BCUT2D eigenvalue weighted by atomic mass is 10.2. The summed E-state index contributed by atoms with van der Waals surface area (Å²) in [5, 5.41) is 0. The molecule has 1 aromatic carbocycles. The van der Waals surface area contributed by atoms with E-state index in [1.54, 1.807) is 12.1 Å². The van der Waals surface area contributed by atoms with Crippen LogP contribution < -0.4 is 0 Å². The fourth-order valence-corrected chi connectivity index (χ4v) is 6.81. The summed E-state index contributed by atoms with van der Waals surface area (Å²) in [6.45, 7) is 1.85. The Hall–Kier alpha value is -0.880. The second kappa shape index (κ2) is 4.10. The SMILES string of the molecule is Cc1ccc(S(=O)(=O)C2CCCS2(=O)=O)cc1. The summed E-state index contributed by atoms with van der Waals surface area (Å²) < 4.78 is 46.5. The zero-order chi connectivity index (χ0) is 12.7. The van der Waals surface area contributed by atoms with E-state index < -0.39 is 24.3 Å². The highest BCUT2D eigenvalue weighted by Crippen LogP contribution is 2.29. The van der Waals surface area contributed by atoms with Crippen LogP contribution in [0, 0.1) is 6.92 Å². The molecule has 1 unspecified atom stereocenters. The van der Waals surface area contributed by atoms with Crippen molar-refractivity contribution < 1.29 is 16.8 Å². The molecule has 0 aromatic heterocycles. The number of sulfone groups is 2. The normalized spacial score (nSPS) is 23.7. The number of hydrogen-bond acceptors (Lipinski definition) is 4. The quantitative estimate of drug-likeness (QED) is 0.815. The van der Waals surface area contributed by atoms with E-state index in [0.29, 0.717) is 6.42 Å². The monoisotopic (exact) mass is 274 g/mol. The summed E-state index contributed by atoms with van der Waals surface area (Å²) >= 11 is 0. The van der Waals surface area contributed by atoms with E-state index >= 15 is 0 Å². The van der Waals surface area contributed by atoms with E-state index in [2.05, 4.69) is 0 Å². The molecule has 0 aliphatic carbocycles. The minimum atomic E-state index is -3.75. The van der Waals surface area contributed by atoms with Crippen LogP contribution in [0.25, 0.3) is 0 Å².